The molecule has 0 spiro atoms. The second-order valence-electron chi connectivity index (χ2n) is 7.19. The highest BCUT2D eigenvalue weighted by Crippen LogP contribution is 2.34. The predicted octanol–water partition coefficient (Wildman–Crippen LogP) is 3.01. The van der Waals surface area contributed by atoms with E-state index >= 15 is 0 Å². The van der Waals surface area contributed by atoms with Crippen molar-refractivity contribution in [1.82, 2.24) is 30.5 Å². The standard InChI is InChI=1S/C21H20N6O/c28-21(15-10-8-14(9-11-15)12-27-13-22-25-26-27)24-19-7-3-5-17-16-4-1-2-6-18(16)23-20(17)19/h1-2,4,6,8-11,13,19,23H,3,5,7,12H2,(H,24,28). The largest absolute Gasteiger partial charge is 0.356 e. The Morgan fingerprint density at radius 1 is 1.18 bits per heavy atom. The predicted molar refractivity (Wildman–Crippen MR) is 105 cm³/mol. The maximum atomic E-state index is 12.8. The molecule has 0 bridgehead atoms. The molecule has 1 aliphatic carbocycles. The third-order valence-electron chi connectivity index (χ3n) is 5.37. The molecule has 2 aromatic carbocycles. The number of tetrazole rings is 1. The summed E-state index contributed by atoms with van der Waals surface area (Å²) in [4.78, 5) is 16.3. The smallest absolute Gasteiger partial charge is 0.251 e. The van der Waals surface area contributed by atoms with Gasteiger partial charge in [0.05, 0.1) is 12.6 Å². The van der Waals surface area contributed by atoms with E-state index in [1.54, 1.807) is 11.0 Å². The fraction of sp³-hybridized carbons (Fsp3) is 0.238. The molecular formula is C21H20N6O. The van der Waals surface area contributed by atoms with Gasteiger partial charge in [-0.2, -0.15) is 0 Å². The fourth-order valence-electron chi connectivity index (χ4n) is 4.00. The molecule has 0 aliphatic heterocycles. The van der Waals surface area contributed by atoms with Crippen molar-refractivity contribution >= 4 is 16.8 Å². The lowest BCUT2D eigenvalue weighted by molar-refractivity contribution is 0.0932. The lowest BCUT2D eigenvalue weighted by Gasteiger charge is -2.24. The first-order valence-corrected chi connectivity index (χ1v) is 9.48. The lowest BCUT2D eigenvalue weighted by Crippen LogP contribution is -2.31. The summed E-state index contributed by atoms with van der Waals surface area (Å²) in [6, 6.07) is 15.9. The molecule has 4 aromatic rings. The highest BCUT2D eigenvalue weighted by atomic mass is 16.1. The normalized spacial score (nSPS) is 16.1. The second-order valence-corrected chi connectivity index (χ2v) is 7.19. The zero-order chi connectivity index (χ0) is 18.9. The van der Waals surface area contributed by atoms with Crippen molar-refractivity contribution in [3.8, 4) is 0 Å². The lowest BCUT2D eigenvalue weighted by atomic mass is 9.91. The number of aromatic amines is 1. The van der Waals surface area contributed by atoms with Gasteiger partial charge in [0, 0.05) is 22.2 Å². The number of aryl methyl sites for hydroxylation is 1. The first-order valence-electron chi connectivity index (χ1n) is 9.48. The number of hydrogen-bond acceptors (Lipinski definition) is 4. The molecule has 1 atom stereocenters. The summed E-state index contributed by atoms with van der Waals surface area (Å²) in [5.41, 5.74) is 5.32. The van der Waals surface area contributed by atoms with Crippen LogP contribution >= 0.6 is 0 Å². The fourth-order valence-corrected chi connectivity index (χ4v) is 4.00. The van der Waals surface area contributed by atoms with Gasteiger partial charge in [-0.05, 0) is 59.0 Å². The Bertz CT molecular complexity index is 1110. The molecule has 2 N–H and O–H groups in total. The minimum absolute atomic E-state index is 0.0181. The Kier molecular flexibility index (Phi) is 4.12. The molecule has 140 valence electrons. The van der Waals surface area contributed by atoms with Crippen molar-refractivity contribution in [1.29, 1.82) is 0 Å². The van der Waals surface area contributed by atoms with Gasteiger partial charge < -0.3 is 10.3 Å². The van der Waals surface area contributed by atoms with E-state index in [9.17, 15) is 4.79 Å². The van der Waals surface area contributed by atoms with Gasteiger partial charge in [-0.1, -0.05) is 30.3 Å². The maximum absolute atomic E-state index is 12.8. The number of carbonyl (C=O) groups is 1. The van der Waals surface area contributed by atoms with Crippen LogP contribution in [0.3, 0.4) is 0 Å². The number of fused-ring (bicyclic) bond motifs is 3. The molecule has 1 aliphatic rings. The summed E-state index contributed by atoms with van der Waals surface area (Å²) in [7, 11) is 0. The van der Waals surface area contributed by atoms with Crippen LogP contribution in [-0.4, -0.2) is 31.1 Å². The van der Waals surface area contributed by atoms with Crippen molar-refractivity contribution in [2.75, 3.05) is 0 Å². The van der Waals surface area contributed by atoms with E-state index in [1.807, 2.05) is 30.3 Å². The number of H-pyrrole nitrogens is 1. The number of aromatic nitrogens is 5. The van der Waals surface area contributed by atoms with Crippen LogP contribution in [0.1, 0.15) is 46.1 Å². The summed E-state index contributed by atoms with van der Waals surface area (Å²) in [6.07, 6.45) is 4.65. The van der Waals surface area contributed by atoms with E-state index in [-0.39, 0.29) is 11.9 Å². The van der Waals surface area contributed by atoms with Crippen molar-refractivity contribution in [3.63, 3.8) is 0 Å². The van der Waals surface area contributed by atoms with Gasteiger partial charge >= 0.3 is 0 Å². The minimum Gasteiger partial charge on any atom is -0.356 e. The van der Waals surface area contributed by atoms with E-state index in [2.05, 4.69) is 44.0 Å². The molecule has 0 saturated heterocycles. The van der Waals surface area contributed by atoms with Crippen LogP contribution in [0.25, 0.3) is 10.9 Å². The Morgan fingerprint density at radius 2 is 2.04 bits per heavy atom. The average molecular weight is 372 g/mol. The van der Waals surface area contributed by atoms with Crippen LogP contribution < -0.4 is 5.32 Å². The van der Waals surface area contributed by atoms with Gasteiger partial charge in [-0.15, -0.1) is 5.10 Å². The van der Waals surface area contributed by atoms with E-state index in [0.29, 0.717) is 12.1 Å². The van der Waals surface area contributed by atoms with E-state index in [1.165, 1.54) is 10.9 Å². The van der Waals surface area contributed by atoms with Crippen molar-refractivity contribution in [2.45, 2.75) is 31.8 Å². The Morgan fingerprint density at radius 3 is 2.86 bits per heavy atom. The van der Waals surface area contributed by atoms with E-state index in [0.717, 1.165) is 36.0 Å². The van der Waals surface area contributed by atoms with Crippen LogP contribution in [0.2, 0.25) is 0 Å². The molecule has 28 heavy (non-hydrogen) atoms. The summed E-state index contributed by atoms with van der Waals surface area (Å²) < 4.78 is 1.65. The van der Waals surface area contributed by atoms with Crippen LogP contribution in [0.4, 0.5) is 0 Å². The summed E-state index contributed by atoms with van der Waals surface area (Å²) in [6.45, 7) is 0.579. The number of rotatable bonds is 4. The van der Waals surface area contributed by atoms with Crippen LogP contribution in [-0.2, 0) is 13.0 Å². The molecule has 7 heteroatoms. The number of benzene rings is 2. The van der Waals surface area contributed by atoms with Gasteiger partial charge in [-0.3, -0.25) is 4.79 Å². The van der Waals surface area contributed by atoms with Crippen molar-refractivity contribution in [3.05, 3.63) is 77.2 Å². The number of amides is 1. The summed E-state index contributed by atoms with van der Waals surface area (Å²) >= 11 is 0. The van der Waals surface area contributed by atoms with Gasteiger partial charge in [0.2, 0.25) is 0 Å². The van der Waals surface area contributed by atoms with Gasteiger partial charge in [0.25, 0.3) is 5.91 Å². The molecule has 0 radical (unpaired) electrons. The zero-order valence-electron chi connectivity index (χ0n) is 15.3. The number of hydrogen-bond donors (Lipinski definition) is 2. The van der Waals surface area contributed by atoms with Gasteiger partial charge in [0.15, 0.2) is 0 Å². The number of carbonyl (C=O) groups excluding carboxylic acids is 1. The summed E-state index contributed by atoms with van der Waals surface area (Å²) in [5, 5.41) is 15.6. The molecule has 0 fully saturated rings. The Balaban J connectivity index is 1.33. The molecule has 2 heterocycles. The third kappa shape index (κ3) is 3.05. The minimum atomic E-state index is -0.0505. The average Bonchev–Trinajstić information content (AvgIpc) is 3.37. The first-order chi connectivity index (χ1) is 13.8. The molecule has 5 rings (SSSR count). The number of nitrogens with one attached hydrogen (secondary N) is 2. The molecular weight excluding hydrogens is 352 g/mol. The second kappa shape index (κ2) is 6.92. The van der Waals surface area contributed by atoms with Crippen LogP contribution in [0.5, 0.6) is 0 Å². The van der Waals surface area contributed by atoms with Crippen LogP contribution in [0, 0.1) is 0 Å². The highest BCUT2D eigenvalue weighted by molar-refractivity contribution is 5.94. The van der Waals surface area contributed by atoms with E-state index in [4.69, 9.17) is 0 Å². The topological polar surface area (TPSA) is 88.5 Å². The Hall–Kier alpha value is -3.48. The number of para-hydroxylation sites is 1. The molecule has 1 unspecified atom stereocenters. The Labute approximate surface area is 161 Å². The third-order valence-corrected chi connectivity index (χ3v) is 5.37. The summed E-state index contributed by atoms with van der Waals surface area (Å²) in [5.74, 6) is -0.0505. The molecule has 2 aromatic heterocycles. The molecule has 0 saturated carbocycles. The van der Waals surface area contributed by atoms with Crippen molar-refractivity contribution in [2.24, 2.45) is 0 Å². The molecule has 7 nitrogen and oxygen atoms in total. The SMILES string of the molecule is O=C(NC1CCCc2c1[nH]c1ccccc21)c1ccc(Cn2cnnn2)cc1. The first kappa shape index (κ1) is 16.7. The van der Waals surface area contributed by atoms with Crippen LogP contribution in [0.15, 0.2) is 54.9 Å². The quantitative estimate of drug-likeness (QED) is 0.576. The van der Waals surface area contributed by atoms with Crippen molar-refractivity contribution < 1.29 is 4.79 Å². The van der Waals surface area contributed by atoms with Gasteiger partial charge in [-0.25, -0.2) is 4.68 Å². The molecule has 1 amide bonds. The monoisotopic (exact) mass is 372 g/mol. The zero-order valence-corrected chi connectivity index (χ0v) is 15.3. The van der Waals surface area contributed by atoms with Gasteiger partial charge in [0.1, 0.15) is 6.33 Å². The van der Waals surface area contributed by atoms with E-state index < -0.39 is 0 Å². The highest BCUT2D eigenvalue weighted by Gasteiger charge is 2.25. The maximum Gasteiger partial charge on any atom is 0.251 e. The number of nitrogens with zero attached hydrogens (tertiary/aromatic N) is 4.